The molecule has 0 radical (unpaired) electrons. The molecule has 0 aliphatic heterocycles. The Morgan fingerprint density at radius 2 is 1.62 bits per heavy atom. The maximum atomic E-state index is 12.8. The van der Waals surface area contributed by atoms with E-state index in [1.54, 1.807) is 0 Å². The molecule has 180 valence electrons. The van der Waals surface area contributed by atoms with E-state index in [9.17, 15) is 14.4 Å². The van der Waals surface area contributed by atoms with Gasteiger partial charge in [0.25, 0.3) is 0 Å². The van der Waals surface area contributed by atoms with Crippen molar-refractivity contribution in [2.45, 2.75) is 63.5 Å². The molecule has 4 rings (SSSR count). The number of amides is 2. The highest BCUT2D eigenvalue weighted by atomic mass is 16.5. The van der Waals surface area contributed by atoms with Crippen LogP contribution >= 0.6 is 0 Å². The van der Waals surface area contributed by atoms with Crippen LogP contribution in [0, 0.1) is 5.92 Å². The van der Waals surface area contributed by atoms with Crippen molar-refractivity contribution in [3.8, 4) is 11.1 Å². The monoisotopic (exact) mass is 464 g/mol. The molecule has 3 N–H and O–H groups in total. The Hall–Kier alpha value is -3.35. The minimum atomic E-state index is -0.845. The minimum Gasteiger partial charge on any atom is -0.481 e. The Morgan fingerprint density at radius 3 is 2.21 bits per heavy atom. The lowest BCUT2D eigenvalue weighted by Crippen LogP contribution is -2.49. The molecule has 2 aromatic carbocycles. The Balaban J connectivity index is 1.34. The number of carbonyl (C=O) groups is 3. The third-order valence-corrected chi connectivity index (χ3v) is 6.63. The van der Waals surface area contributed by atoms with Crippen LogP contribution in [0.1, 0.15) is 62.5 Å². The normalized spacial score (nSPS) is 16.1. The zero-order chi connectivity index (χ0) is 24.1. The lowest BCUT2D eigenvalue weighted by Gasteiger charge is -2.22. The fraction of sp³-hybridized carbons (Fsp3) is 0.444. The van der Waals surface area contributed by atoms with Crippen LogP contribution in [0.25, 0.3) is 11.1 Å². The van der Waals surface area contributed by atoms with Crippen molar-refractivity contribution in [1.82, 2.24) is 10.6 Å². The van der Waals surface area contributed by atoms with Gasteiger partial charge in [0.05, 0.1) is 0 Å². The standard InChI is InChI=1S/C27H32N2O5/c1-17(7-6-12-25(30)31)28-26(32)24(15-18-13-14-18)29-27(33)34-16-23-21-10-4-2-8-19(21)20-9-3-5-11-22(20)23/h2-5,8-11,17-18,23-24H,6-7,12-16H2,1H3,(H,28,32)(H,29,33)(H,30,31). The summed E-state index contributed by atoms with van der Waals surface area (Å²) < 4.78 is 5.62. The Bertz CT molecular complexity index is 1000. The van der Waals surface area contributed by atoms with Gasteiger partial charge in [0.1, 0.15) is 12.6 Å². The molecule has 2 aliphatic carbocycles. The summed E-state index contributed by atoms with van der Waals surface area (Å²) in [5.74, 6) is -0.694. The van der Waals surface area contributed by atoms with E-state index in [0.717, 1.165) is 35.1 Å². The largest absolute Gasteiger partial charge is 0.481 e. The predicted molar refractivity (Wildman–Crippen MR) is 128 cm³/mol. The van der Waals surface area contributed by atoms with Crippen LogP contribution in [0.5, 0.6) is 0 Å². The number of carboxylic acid groups (broad SMARTS) is 1. The SMILES string of the molecule is CC(CCCC(=O)O)NC(=O)C(CC1CC1)NC(=O)OCC1c2ccccc2-c2ccccc21. The first-order valence-corrected chi connectivity index (χ1v) is 12.1. The molecule has 0 bridgehead atoms. The highest BCUT2D eigenvalue weighted by Gasteiger charge is 2.32. The number of carboxylic acids is 1. The van der Waals surface area contributed by atoms with Crippen molar-refractivity contribution in [2.75, 3.05) is 6.61 Å². The molecule has 7 heteroatoms. The summed E-state index contributed by atoms with van der Waals surface area (Å²) in [5.41, 5.74) is 4.60. The zero-order valence-corrected chi connectivity index (χ0v) is 19.5. The highest BCUT2D eigenvalue weighted by Crippen LogP contribution is 2.44. The third kappa shape index (κ3) is 5.95. The van der Waals surface area contributed by atoms with E-state index < -0.39 is 18.1 Å². The molecule has 1 saturated carbocycles. The predicted octanol–water partition coefficient (Wildman–Crippen LogP) is 4.45. The van der Waals surface area contributed by atoms with Crippen molar-refractivity contribution in [3.05, 3.63) is 59.7 Å². The van der Waals surface area contributed by atoms with E-state index in [0.29, 0.717) is 25.2 Å². The lowest BCUT2D eigenvalue weighted by atomic mass is 9.98. The molecular weight excluding hydrogens is 432 g/mol. The van der Waals surface area contributed by atoms with Crippen LogP contribution in [-0.4, -0.2) is 41.8 Å². The van der Waals surface area contributed by atoms with Gasteiger partial charge < -0.3 is 20.5 Å². The van der Waals surface area contributed by atoms with Gasteiger partial charge in [-0.05, 0) is 54.4 Å². The molecule has 34 heavy (non-hydrogen) atoms. The van der Waals surface area contributed by atoms with Gasteiger partial charge in [-0.3, -0.25) is 9.59 Å². The molecule has 0 saturated heterocycles. The third-order valence-electron chi connectivity index (χ3n) is 6.63. The number of benzene rings is 2. The maximum absolute atomic E-state index is 12.8. The van der Waals surface area contributed by atoms with E-state index in [1.807, 2.05) is 31.2 Å². The molecule has 0 heterocycles. The molecule has 2 unspecified atom stereocenters. The Kier molecular flexibility index (Phi) is 7.50. The second-order valence-electron chi connectivity index (χ2n) is 9.40. The molecule has 0 spiro atoms. The van der Waals surface area contributed by atoms with E-state index in [4.69, 9.17) is 9.84 Å². The topological polar surface area (TPSA) is 105 Å². The fourth-order valence-corrected chi connectivity index (χ4v) is 4.68. The molecule has 0 aromatic heterocycles. The molecule has 2 atom stereocenters. The number of fused-ring (bicyclic) bond motifs is 3. The lowest BCUT2D eigenvalue weighted by molar-refractivity contribution is -0.137. The molecule has 1 fully saturated rings. The number of hydrogen-bond donors (Lipinski definition) is 3. The number of nitrogens with one attached hydrogen (secondary N) is 2. The van der Waals surface area contributed by atoms with Gasteiger partial charge in [-0.1, -0.05) is 61.4 Å². The summed E-state index contributed by atoms with van der Waals surface area (Å²) in [7, 11) is 0. The fourth-order valence-electron chi connectivity index (χ4n) is 4.68. The van der Waals surface area contributed by atoms with Crippen molar-refractivity contribution in [1.29, 1.82) is 0 Å². The van der Waals surface area contributed by atoms with Gasteiger partial charge >= 0.3 is 12.1 Å². The first-order chi connectivity index (χ1) is 16.4. The number of alkyl carbamates (subject to hydrolysis) is 1. The summed E-state index contributed by atoms with van der Waals surface area (Å²) in [4.78, 5) is 36.2. The first kappa shape index (κ1) is 23.8. The van der Waals surface area contributed by atoms with Crippen molar-refractivity contribution >= 4 is 18.0 Å². The highest BCUT2D eigenvalue weighted by molar-refractivity contribution is 5.86. The van der Waals surface area contributed by atoms with Gasteiger partial charge in [0.15, 0.2) is 0 Å². The van der Waals surface area contributed by atoms with Gasteiger partial charge in [-0.2, -0.15) is 0 Å². The number of ether oxygens (including phenoxy) is 1. The Labute approximate surface area is 199 Å². The number of rotatable bonds is 11. The summed E-state index contributed by atoms with van der Waals surface area (Å²) in [6.45, 7) is 2.05. The first-order valence-electron chi connectivity index (χ1n) is 12.1. The van der Waals surface area contributed by atoms with E-state index in [2.05, 4.69) is 34.9 Å². The van der Waals surface area contributed by atoms with Crippen LogP contribution < -0.4 is 10.6 Å². The van der Waals surface area contributed by atoms with Crippen molar-refractivity contribution < 1.29 is 24.2 Å². The average Bonchev–Trinajstić information content (AvgIpc) is 3.57. The van der Waals surface area contributed by atoms with Crippen LogP contribution in [-0.2, 0) is 14.3 Å². The van der Waals surface area contributed by atoms with E-state index in [-0.39, 0.29) is 30.9 Å². The second-order valence-corrected chi connectivity index (χ2v) is 9.40. The van der Waals surface area contributed by atoms with Crippen molar-refractivity contribution in [2.24, 2.45) is 5.92 Å². The molecule has 7 nitrogen and oxygen atoms in total. The summed E-state index contributed by atoms with van der Waals surface area (Å²) in [5, 5.41) is 14.5. The van der Waals surface area contributed by atoms with Crippen LogP contribution in [0.2, 0.25) is 0 Å². The summed E-state index contributed by atoms with van der Waals surface area (Å²) in [6, 6.07) is 15.5. The maximum Gasteiger partial charge on any atom is 0.407 e. The molecule has 2 aromatic rings. The minimum absolute atomic E-state index is 0.0388. The van der Waals surface area contributed by atoms with Crippen LogP contribution in [0.3, 0.4) is 0 Å². The van der Waals surface area contributed by atoms with Crippen LogP contribution in [0.4, 0.5) is 4.79 Å². The van der Waals surface area contributed by atoms with Crippen LogP contribution in [0.15, 0.2) is 48.5 Å². The number of carbonyl (C=O) groups excluding carboxylic acids is 2. The van der Waals surface area contributed by atoms with Gasteiger partial charge in [0, 0.05) is 18.4 Å². The summed E-state index contributed by atoms with van der Waals surface area (Å²) >= 11 is 0. The zero-order valence-electron chi connectivity index (χ0n) is 19.5. The van der Waals surface area contributed by atoms with E-state index >= 15 is 0 Å². The molecule has 2 aliphatic rings. The number of aliphatic carboxylic acids is 1. The quantitative estimate of drug-likeness (QED) is 0.456. The Morgan fingerprint density at radius 1 is 1.00 bits per heavy atom. The van der Waals surface area contributed by atoms with E-state index in [1.165, 1.54) is 0 Å². The summed E-state index contributed by atoms with van der Waals surface area (Å²) in [6.07, 6.45) is 3.24. The van der Waals surface area contributed by atoms with Gasteiger partial charge in [0.2, 0.25) is 5.91 Å². The number of hydrogen-bond acceptors (Lipinski definition) is 4. The van der Waals surface area contributed by atoms with Crippen molar-refractivity contribution in [3.63, 3.8) is 0 Å². The second kappa shape index (κ2) is 10.7. The molecular formula is C27H32N2O5. The van der Waals surface area contributed by atoms with Gasteiger partial charge in [-0.25, -0.2) is 4.79 Å². The smallest absolute Gasteiger partial charge is 0.407 e. The molecule has 2 amide bonds. The average molecular weight is 465 g/mol. The van der Waals surface area contributed by atoms with Gasteiger partial charge in [-0.15, -0.1) is 0 Å².